The van der Waals surface area contributed by atoms with Gasteiger partial charge in [0.1, 0.15) is 0 Å². The average Bonchev–Trinajstić information content (AvgIpc) is 2.13. The van der Waals surface area contributed by atoms with E-state index in [9.17, 15) is 4.79 Å². The summed E-state index contributed by atoms with van der Waals surface area (Å²) >= 11 is 1.43. The number of nitrogens with zero attached hydrogens (tertiary/aromatic N) is 1. The molecule has 1 aromatic heterocycles. The number of amides is 1. The third kappa shape index (κ3) is 1.80. The molecule has 1 heterocycles. The second-order valence-electron chi connectivity index (χ2n) is 1.82. The number of anilines is 1. The molecule has 1 amide bonds. The third-order valence-electron chi connectivity index (χ3n) is 0.868. The maximum absolute atomic E-state index is 10.4. The van der Waals surface area contributed by atoms with E-state index in [-0.39, 0.29) is 5.91 Å². The molecule has 10 heavy (non-hydrogen) atoms. The topological polar surface area (TPSA) is 42.0 Å². The summed E-state index contributed by atoms with van der Waals surface area (Å²) in [5.41, 5.74) is 0. The molecule has 1 radical (unpaired) electrons. The van der Waals surface area contributed by atoms with Gasteiger partial charge in [0.15, 0.2) is 5.13 Å². The van der Waals surface area contributed by atoms with Crippen molar-refractivity contribution in [3.8, 4) is 0 Å². The van der Waals surface area contributed by atoms with Gasteiger partial charge in [-0.15, -0.1) is 11.3 Å². The molecule has 0 aromatic carbocycles. The van der Waals surface area contributed by atoms with E-state index in [4.69, 9.17) is 0 Å². The minimum absolute atomic E-state index is 0.325. The minimum atomic E-state index is -0.325. The van der Waals surface area contributed by atoms with Gasteiger partial charge in [-0.3, -0.25) is 4.79 Å². The van der Waals surface area contributed by atoms with Crippen molar-refractivity contribution < 1.29 is 4.79 Å². The first-order valence-corrected chi connectivity index (χ1v) is 3.55. The zero-order chi connectivity index (χ0) is 7.56. The summed E-state index contributed by atoms with van der Waals surface area (Å²) in [5, 5.41) is 3.09. The highest BCUT2D eigenvalue weighted by Gasteiger charge is 1.98. The first-order valence-electron chi connectivity index (χ1n) is 2.74. The van der Waals surface area contributed by atoms with E-state index in [1.54, 1.807) is 6.20 Å². The molecular formula is C6H7N2OS. The Bertz CT molecular complexity index is 244. The highest BCUT2D eigenvalue weighted by molar-refractivity contribution is 7.15. The summed E-state index contributed by atoms with van der Waals surface area (Å²) in [6, 6.07) is 0. The van der Waals surface area contributed by atoms with E-state index in [0.29, 0.717) is 5.13 Å². The summed E-state index contributed by atoms with van der Waals surface area (Å²) in [5.74, 6) is -0.325. The molecule has 0 aliphatic carbocycles. The van der Waals surface area contributed by atoms with Crippen molar-refractivity contribution in [1.29, 1.82) is 0 Å². The fourth-order valence-electron chi connectivity index (χ4n) is 0.532. The van der Waals surface area contributed by atoms with Crippen molar-refractivity contribution in [2.24, 2.45) is 0 Å². The lowest BCUT2D eigenvalue weighted by Crippen LogP contribution is -2.05. The molecule has 0 saturated carbocycles. The van der Waals surface area contributed by atoms with Crippen LogP contribution < -0.4 is 5.32 Å². The lowest BCUT2D eigenvalue weighted by atomic mass is 10.6. The van der Waals surface area contributed by atoms with Gasteiger partial charge in [0.05, 0.1) is 0 Å². The van der Waals surface area contributed by atoms with Gasteiger partial charge in [-0.25, -0.2) is 4.98 Å². The maximum atomic E-state index is 10.4. The molecule has 53 valence electrons. The highest BCUT2D eigenvalue weighted by atomic mass is 32.1. The average molecular weight is 155 g/mol. The first-order chi connectivity index (χ1) is 4.68. The normalized spacial score (nSPS) is 9.40. The summed E-state index contributed by atoms with van der Waals surface area (Å²) < 4.78 is 0. The number of rotatable bonds is 1. The second-order valence-corrected chi connectivity index (χ2v) is 3.06. The van der Waals surface area contributed by atoms with Crippen molar-refractivity contribution in [3.05, 3.63) is 18.0 Å². The number of nitrogens with one attached hydrogen (secondary N) is 1. The number of carbonyl (C=O) groups is 1. The van der Waals surface area contributed by atoms with Crippen LogP contribution in [-0.2, 0) is 4.79 Å². The molecule has 0 unspecified atom stereocenters. The van der Waals surface area contributed by atoms with E-state index in [1.807, 2.05) is 6.92 Å². The Kier molecular flexibility index (Phi) is 2.01. The predicted molar refractivity (Wildman–Crippen MR) is 40.8 cm³/mol. The number of aromatic nitrogens is 1. The van der Waals surface area contributed by atoms with Gasteiger partial charge in [-0.05, 0) is 6.92 Å². The number of hydrogen-bond donors (Lipinski definition) is 1. The highest BCUT2D eigenvalue weighted by Crippen LogP contribution is 2.15. The monoisotopic (exact) mass is 155 g/mol. The van der Waals surface area contributed by atoms with Gasteiger partial charge in [-0.1, -0.05) is 0 Å². The van der Waals surface area contributed by atoms with Crippen molar-refractivity contribution >= 4 is 22.4 Å². The molecule has 0 bridgehead atoms. The Hall–Kier alpha value is -0.900. The quantitative estimate of drug-likeness (QED) is 0.662. The minimum Gasteiger partial charge on any atom is -0.302 e. The second kappa shape index (κ2) is 2.79. The number of aryl methyl sites for hydroxylation is 1. The Morgan fingerprint density at radius 3 is 3.00 bits per heavy atom. The van der Waals surface area contributed by atoms with E-state index in [2.05, 4.69) is 17.2 Å². The van der Waals surface area contributed by atoms with Crippen LogP contribution in [0.15, 0.2) is 6.20 Å². The lowest BCUT2D eigenvalue weighted by Gasteiger charge is -1.91. The summed E-state index contributed by atoms with van der Waals surface area (Å²) in [6.07, 6.45) is 1.70. The maximum Gasteiger partial charge on any atom is 0.226 e. The van der Waals surface area contributed by atoms with Gasteiger partial charge >= 0.3 is 0 Å². The van der Waals surface area contributed by atoms with Gasteiger partial charge in [0, 0.05) is 18.0 Å². The van der Waals surface area contributed by atoms with Crippen molar-refractivity contribution in [3.63, 3.8) is 0 Å². The van der Waals surface area contributed by atoms with Crippen LogP contribution in [0.4, 0.5) is 5.13 Å². The van der Waals surface area contributed by atoms with E-state index >= 15 is 0 Å². The van der Waals surface area contributed by atoms with Crippen LogP contribution in [0, 0.1) is 13.8 Å². The van der Waals surface area contributed by atoms with Crippen LogP contribution in [-0.4, -0.2) is 10.9 Å². The zero-order valence-electron chi connectivity index (χ0n) is 5.55. The lowest BCUT2D eigenvalue weighted by molar-refractivity contribution is -0.112. The molecule has 3 nitrogen and oxygen atoms in total. The van der Waals surface area contributed by atoms with Crippen LogP contribution in [0.3, 0.4) is 0 Å². The SMILES string of the molecule is [CH2]C(=O)Nc1ncc(C)s1. The third-order valence-corrected chi connectivity index (χ3v) is 1.70. The summed E-state index contributed by atoms with van der Waals surface area (Å²) in [6.45, 7) is 5.09. The smallest absolute Gasteiger partial charge is 0.226 e. The van der Waals surface area contributed by atoms with Gasteiger partial charge in [0.2, 0.25) is 5.91 Å². The molecular weight excluding hydrogens is 148 g/mol. The Balaban J connectivity index is 2.67. The fraction of sp³-hybridized carbons (Fsp3) is 0.167. The van der Waals surface area contributed by atoms with Crippen LogP contribution in [0.2, 0.25) is 0 Å². The van der Waals surface area contributed by atoms with Crippen LogP contribution >= 0.6 is 11.3 Å². The molecule has 0 aliphatic heterocycles. The summed E-state index contributed by atoms with van der Waals surface area (Å²) in [7, 11) is 0. The van der Waals surface area contributed by atoms with E-state index in [1.165, 1.54) is 11.3 Å². The molecule has 0 saturated heterocycles. The molecule has 0 atom stereocenters. The zero-order valence-corrected chi connectivity index (χ0v) is 6.36. The fourth-order valence-corrected chi connectivity index (χ4v) is 1.21. The Morgan fingerprint density at radius 1 is 1.90 bits per heavy atom. The van der Waals surface area contributed by atoms with Crippen LogP contribution in [0.1, 0.15) is 4.88 Å². The molecule has 1 N–H and O–H groups in total. The van der Waals surface area contributed by atoms with Crippen molar-refractivity contribution in [1.82, 2.24) is 4.98 Å². The first kappa shape index (κ1) is 7.21. The summed E-state index contributed by atoms with van der Waals surface area (Å²) in [4.78, 5) is 15.3. The van der Waals surface area contributed by atoms with Crippen LogP contribution in [0.5, 0.6) is 0 Å². The molecule has 1 aromatic rings. The van der Waals surface area contributed by atoms with Gasteiger partial charge in [-0.2, -0.15) is 0 Å². The molecule has 0 aliphatic rings. The van der Waals surface area contributed by atoms with Crippen molar-refractivity contribution in [2.75, 3.05) is 5.32 Å². The van der Waals surface area contributed by atoms with Crippen LogP contribution in [0.25, 0.3) is 0 Å². The van der Waals surface area contributed by atoms with Gasteiger partial charge < -0.3 is 5.32 Å². The van der Waals surface area contributed by atoms with E-state index in [0.717, 1.165) is 4.88 Å². The Labute approximate surface area is 63.1 Å². The van der Waals surface area contributed by atoms with E-state index < -0.39 is 0 Å². The molecule has 1 rings (SSSR count). The molecule has 0 spiro atoms. The molecule has 4 heteroatoms. The number of carbonyl (C=O) groups excluding carboxylic acids is 1. The van der Waals surface area contributed by atoms with Crippen molar-refractivity contribution in [2.45, 2.75) is 6.92 Å². The number of thiazole rings is 1. The predicted octanol–water partition coefficient (Wildman–Crippen LogP) is 1.22. The number of hydrogen-bond acceptors (Lipinski definition) is 3. The standard InChI is InChI=1S/C6H7N2OS/c1-4-3-7-6(10-4)8-5(2)9/h3H,2H2,1H3,(H,7,8,9). The Morgan fingerprint density at radius 2 is 2.60 bits per heavy atom. The van der Waals surface area contributed by atoms with Gasteiger partial charge in [0.25, 0.3) is 0 Å². The largest absolute Gasteiger partial charge is 0.302 e. The molecule has 0 fully saturated rings.